The van der Waals surface area contributed by atoms with E-state index < -0.39 is 0 Å². The molecule has 0 saturated heterocycles. The maximum atomic E-state index is 12.1. The molecule has 1 aromatic rings. The van der Waals surface area contributed by atoms with Crippen molar-refractivity contribution in [3.8, 4) is 5.75 Å². The molecule has 0 radical (unpaired) electrons. The first-order valence-corrected chi connectivity index (χ1v) is 7.45. The lowest BCUT2D eigenvalue weighted by atomic mass is 9.94. The van der Waals surface area contributed by atoms with Crippen LogP contribution in [0.4, 0.5) is 0 Å². The van der Waals surface area contributed by atoms with Gasteiger partial charge in [0.15, 0.2) is 0 Å². The Bertz CT molecular complexity index is 442. The van der Waals surface area contributed by atoms with Crippen LogP contribution in [0.2, 0.25) is 0 Å². The van der Waals surface area contributed by atoms with Gasteiger partial charge in [-0.05, 0) is 18.4 Å². The number of amides is 1. The van der Waals surface area contributed by atoms with Gasteiger partial charge in [0.25, 0.3) is 0 Å². The molecular weight excluding hydrogens is 252 g/mol. The summed E-state index contributed by atoms with van der Waals surface area (Å²) in [6.07, 6.45) is 7.93. The van der Waals surface area contributed by atoms with Gasteiger partial charge in [0.05, 0.1) is 19.3 Å². The standard InChI is InChI=1S/C16H24N2O2/c1-12(9-13-5-3-4-6-13)16(19)18-11-14-10-15(20-2)7-8-17-14/h7-8,10,12-13H,3-6,9,11H2,1-2H3,(H,18,19)/t12-/m1/s1. The fraction of sp³-hybridized carbons (Fsp3) is 0.625. The molecule has 0 unspecified atom stereocenters. The Labute approximate surface area is 120 Å². The molecule has 20 heavy (non-hydrogen) atoms. The zero-order chi connectivity index (χ0) is 14.4. The number of nitrogens with one attached hydrogen (secondary N) is 1. The van der Waals surface area contributed by atoms with Gasteiger partial charge < -0.3 is 10.1 Å². The maximum Gasteiger partial charge on any atom is 0.223 e. The van der Waals surface area contributed by atoms with Crippen LogP contribution in [0.5, 0.6) is 5.75 Å². The van der Waals surface area contributed by atoms with Crippen LogP contribution in [0.25, 0.3) is 0 Å². The topological polar surface area (TPSA) is 51.2 Å². The van der Waals surface area contributed by atoms with Crippen LogP contribution in [0.3, 0.4) is 0 Å². The van der Waals surface area contributed by atoms with Gasteiger partial charge >= 0.3 is 0 Å². The Morgan fingerprint density at radius 3 is 2.95 bits per heavy atom. The lowest BCUT2D eigenvalue weighted by molar-refractivity contribution is -0.125. The predicted molar refractivity (Wildman–Crippen MR) is 78.4 cm³/mol. The Hall–Kier alpha value is -1.58. The third-order valence-electron chi connectivity index (χ3n) is 4.08. The summed E-state index contributed by atoms with van der Waals surface area (Å²) in [4.78, 5) is 16.3. The quantitative estimate of drug-likeness (QED) is 0.869. The van der Waals surface area contributed by atoms with Gasteiger partial charge in [-0.2, -0.15) is 0 Å². The molecule has 0 spiro atoms. The van der Waals surface area contributed by atoms with Gasteiger partial charge in [-0.25, -0.2) is 0 Å². The number of ether oxygens (including phenoxy) is 1. The molecule has 110 valence electrons. The van der Waals surface area contributed by atoms with Crippen molar-refractivity contribution in [3.63, 3.8) is 0 Å². The molecule has 2 rings (SSSR count). The second kappa shape index (κ2) is 7.27. The summed E-state index contributed by atoms with van der Waals surface area (Å²) in [6.45, 7) is 2.48. The summed E-state index contributed by atoms with van der Waals surface area (Å²) in [7, 11) is 1.63. The number of hydrogen-bond donors (Lipinski definition) is 1. The van der Waals surface area contributed by atoms with Crippen LogP contribution in [0, 0.1) is 11.8 Å². The molecule has 0 aromatic carbocycles. The zero-order valence-electron chi connectivity index (χ0n) is 12.4. The van der Waals surface area contributed by atoms with Crippen molar-refractivity contribution < 1.29 is 9.53 Å². The molecule has 1 N–H and O–H groups in total. The minimum atomic E-state index is 0.0868. The molecule has 1 saturated carbocycles. The number of aromatic nitrogens is 1. The van der Waals surface area contributed by atoms with Crippen molar-refractivity contribution in [1.29, 1.82) is 0 Å². The number of carbonyl (C=O) groups excluding carboxylic acids is 1. The second-order valence-corrected chi connectivity index (χ2v) is 5.69. The summed E-state index contributed by atoms with van der Waals surface area (Å²) in [5.74, 6) is 1.72. The van der Waals surface area contributed by atoms with Gasteiger partial charge in [-0.15, -0.1) is 0 Å². The van der Waals surface area contributed by atoms with Crippen LogP contribution < -0.4 is 10.1 Å². The average molecular weight is 276 g/mol. The van der Waals surface area contributed by atoms with E-state index in [4.69, 9.17) is 4.74 Å². The van der Waals surface area contributed by atoms with E-state index in [9.17, 15) is 4.79 Å². The number of carbonyl (C=O) groups is 1. The average Bonchev–Trinajstić information content (AvgIpc) is 2.97. The molecule has 1 atom stereocenters. The number of nitrogens with zero attached hydrogens (tertiary/aromatic N) is 1. The fourth-order valence-electron chi connectivity index (χ4n) is 2.88. The first kappa shape index (κ1) is 14.8. The molecule has 4 heteroatoms. The summed E-state index contributed by atoms with van der Waals surface area (Å²) >= 11 is 0. The predicted octanol–water partition coefficient (Wildman–Crippen LogP) is 2.92. The minimum Gasteiger partial charge on any atom is -0.497 e. The fourth-order valence-corrected chi connectivity index (χ4v) is 2.88. The highest BCUT2D eigenvalue weighted by atomic mass is 16.5. The van der Waals surface area contributed by atoms with Crippen LogP contribution in [0.15, 0.2) is 18.3 Å². The van der Waals surface area contributed by atoms with E-state index in [1.807, 2.05) is 13.0 Å². The molecule has 1 amide bonds. The van der Waals surface area contributed by atoms with Gasteiger partial charge in [-0.3, -0.25) is 9.78 Å². The SMILES string of the molecule is COc1ccnc(CNC(=O)[C@H](C)CC2CCCC2)c1. The van der Waals surface area contributed by atoms with Gasteiger partial charge in [-0.1, -0.05) is 32.6 Å². The van der Waals surface area contributed by atoms with E-state index in [2.05, 4.69) is 10.3 Å². The molecule has 1 fully saturated rings. The van der Waals surface area contributed by atoms with Crippen molar-refractivity contribution in [2.75, 3.05) is 7.11 Å². The molecule has 1 aromatic heterocycles. The van der Waals surface area contributed by atoms with E-state index in [0.717, 1.165) is 23.8 Å². The number of rotatable bonds is 6. The van der Waals surface area contributed by atoms with Crippen molar-refractivity contribution >= 4 is 5.91 Å². The second-order valence-electron chi connectivity index (χ2n) is 5.69. The molecule has 1 aliphatic rings. The Morgan fingerprint density at radius 1 is 1.50 bits per heavy atom. The van der Waals surface area contributed by atoms with Crippen molar-refractivity contribution in [1.82, 2.24) is 10.3 Å². The molecule has 1 heterocycles. The number of methoxy groups -OCH3 is 1. The largest absolute Gasteiger partial charge is 0.497 e. The summed E-state index contributed by atoms with van der Waals surface area (Å²) < 4.78 is 5.15. The van der Waals surface area contributed by atoms with E-state index in [0.29, 0.717) is 6.54 Å². The Balaban J connectivity index is 1.78. The first-order chi connectivity index (χ1) is 9.69. The van der Waals surface area contributed by atoms with Crippen molar-refractivity contribution in [2.45, 2.75) is 45.6 Å². The van der Waals surface area contributed by atoms with Crippen LogP contribution >= 0.6 is 0 Å². The van der Waals surface area contributed by atoms with E-state index in [1.165, 1.54) is 25.7 Å². The Kier molecular flexibility index (Phi) is 5.39. The van der Waals surface area contributed by atoms with Gasteiger partial charge in [0.1, 0.15) is 5.75 Å². The molecule has 0 aliphatic heterocycles. The van der Waals surface area contributed by atoms with Crippen LogP contribution in [0.1, 0.15) is 44.7 Å². The third kappa shape index (κ3) is 4.22. The number of pyridine rings is 1. The van der Waals surface area contributed by atoms with E-state index in [-0.39, 0.29) is 11.8 Å². The minimum absolute atomic E-state index is 0.0868. The van der Waals surface area contributed by atoms with E-state index >= 15 is 0 Å². The molecule has 1 aliphatic carbocycles. The van der Waals surface area contributed by atoms with Crippen molar-refractivity contribution in [3.05, 3.63) is 24.0 Å². The first-order valence-electron chi connectivity index (χ1n) is 7.45. The van der Waals surface area contributed by atoms with Crippen LogP contribution in [-0.4, -0.2) is 18.0 Å². The maximum absolute atomic E-state index is 12.1. The Morgan fingerprint density at radius 2 is 2.25 bits per heavy atom. The van der Waals surface area contributed by atoms with Gasteiger partial charge in [0, 0.05) is 18.2 Å². The summed E-state index contributed by atoms with van der Waals surface area (Å²) in [5, 5.41) is 2.97. The smallest absolute Gasteiger partial charge is 0.223 e. The highest BCUT2D eigenvalue weighted by molar-refractivity contribution is 5.78. The van der Waals surface area contributed by atoms with E-state index in [1.54, 1.807) is 19.4 Å². The lowest BCUT2D eigenvalue weighted by Crippen LogP contribution is -2.30. The summed E-state index contributed by atoms with van der Waals surface area (Å²) in [5.41, 5.74) is 0.825. The van der Waals surface area contributed by atoms with Crippen LogP contribution in [-0.2, 0) is 11.3 Å². The third-order valence-corrected chi connectivity index (χ3v) is 4.08. The highest BCUT2D eigenvalue weighted by Gasteiger charge is 2.21. The monoisotopic (exact) mass is 276 g/mol. The van der Waals surface area contributed by atoms with Crippen molar-refractivity contribution in [2.24, 2.45) is 11.8 Å². The lowest BCUT2D eigenvalue weighted by Gasteiger charge is -2.16. The zero-order valence-corrected chi connectivity index (χ0v) is 12.4. The summed E-state index contributed by atoms with van der Waals surface area (Å²) in [6, 6.07) is 3.65. The molecule has 4 nitrogen and oxygen atoms in total. The molecule has 0 bridgehead atoms. The highest BCUT2D eigenvalue weighted by Crippen LogP contribution is 2.30. The number of hydrogen-bond acceptors (Lipinski definition) is 3. The van der Waals surface area contributed by atoms with Gasteiger partial charge in [0.2, 0.25) is 5.91 Å². The molecular formula is C16H24N2O2. The normalized spacial score (nSPS) is 16.9.